The van der Waals surface area contributed by atoms with Crippen LogP contribution in [0.1, 0.15) is 23.8 Å². The lowest BCUT2D eigenvalue weighted by Gasteiger charge is -2.35. The van der Waals surface area contributed by atoms with Gasteiger partial charge in [0.25, 0.3) is 5.91 Å². The quantitative estimate of drug-likeness (QED) is 0.778. The molecule has 1 amide bonds. The highest BCUT2D eigenvalue weighted by molar-refractivity contribution is 5.92. The van der Waals surface area contributed by atoms with Crippen molar-refractivity contribution >= 4 is 11.7 Å². The van der Waals surface area contributed by atoms with Gasteiger partial charge in [-0.2, -0.15) is 0 Å². The summed E-state index contributed by atoms with van der Waals surface area (Å²) in [5.74, 6) is 0.581. The molecule has 1 aliphatic heterocycles. The summed E-state index contributed by atoms with van der Waals surface area (Å²) >= 11 is 0. The summed E-state index contributed by atoms with van der Waals surface area (Å²) < 4.78 is 0. The summed E-state index contributed by atoms with van der Waals surface area (Å²) in [5, 5.41) is 10.5. The number of likely N-dealkylation sites (tertiary alicyclic amines) is 1. The molecule has 0 aliphatic carbocycles. The van der Waals surface area contributed by atoms with Crippen molar-refractivity contribution in [3.8, 4) is 0 Å². The number of nitrogens with two attached hydrogens (primary N) is 1. The topological polar surface area (TPSA) is 84.1 Å². The van der Waals surface area contributed by atoms with Gasteiger partial charge < -0.3 is 16.0 Å². The number of amides is 1. The maximum absolute atomic E-state index is 12.0. The van der Waals surface area contributed by atoms with Crippen molar-refractivity contribution in [2.45, 2.75) is 19.4 Å². The molecular weight excluding hydrogens is 230 g/mol. The number of carbonyl (C=O) groups excluding carboxylic acids is 1. The summed E-state index contributed by atoms with van der Waals surface area (Å²) in [6.07, 6.45) is 0.964. The standard InChI is InChI=1S/C12H19N5O/c1-8-7-17(2)6-5-9(8)14-12(18)10-3-4-11(13)16-15-10/h3-4,8-9H,5-7H2,1-2H3,(H2,13,16)(H,14,18). The lowest BCUT2D eigenvalue weighted by Crippen LogP contribution is -2.49. The number of anilines is 1. The number of hydrogen-bond donors (Lipinski definition) is 2. The van der Waals surface area contributed by atoms with E-state index in [-0.39, 0.29) is 11.9 Å². The van der Waals surface area contributed by atoms with Crippen molar-refractivity contribution in [2.24, 2.45) is 5.92 Å². The summed E-state index contributed by atoms with van der Waals surface area (Å²) in [7, 11) is 2.10. The zero-order valence-electron chi connectivity index (χ0n) is 10.8. The van der Waals surface area contributed by atoms with E-state index >= 15 is 0 Å². The second-order valence-electron chi connectivity index (χ2n) is 4.95. The van der Waals surface area contributed by atoms with E-state index < -0.39 is 0 Å². The second kappa shape index (κ2) is 5.30. The molecule has 2 rings (SSSR count). The second-order valence-corrected chi connectivity index (χ2v) is 4.95. The average molecular weight is 249 g/mol. The highest BCUT2D eigenvalue weighted by Crippen LogP contribution is 2.15. The molecule has 2 atom stereocenters. The SMILES string of the molecule is CC1CN(C)CCC1NC(=O)c1ccc(N)nn1. The van der Waals surface area contributed by atoms with Gasteiger partial charge in [-0.1, -0.05) is 6.92 Å². The predicted molar refractivity (Wildman–Crippen MR) is 69.0 cm³/mol. The third-order valence-electron chi connectivity index (χ3n) is 3.34. The molecule has 6 nitrogen and oxygen atoms in total. The fraction of sp³-hybridized carbons (Fsp3) is 0.583. The number of nitrogen functional groups attached to an aromatic ring is 1. The van der Waals surface area contributed by atoms with Crippen molar-refractivity contribution in [2.75, 3.05) is 25.9 Å². The highest BCUT2D eigenvalue weighted by atomic mass is 16.2. The van der Waals surface area contributed by atoms with E-state index in [9.17, 15) is 4.79 Å². The van der Waals surface area contributed by atoms with Gasteiger partial charge in [0.15, 0.2) is 5.69 Å². The molecular formula is C12H19N5O. The number of nitrogens with one attached hydrogen (secondary N) is 1. The summed E-state index contributed by atoms with van der Waals surface area (Å²) in [4.78, 5) is 14.3. The van der Waals surface area contributed by atoms with Crippen LogP contribution in [0.15, 0.2) is 12.1 Å². The number of nitrogens with zero attached hydrogens (tertiary/aromatic N) is 3. The summed E-state index contributed by atoms with van der Waals surface area (Å²) in [6.45, 7) is 4.15. The fourth-order valence-corrected chi connectivity index (χ4v) is 2.27. The van der Waals surface area contributed by atoms with Crippen molar-refractivity contribution in [3.63, 3.8) is 0 Å². The Bertz CT molecular complexity index is 419. The molecule has 0 saturated carbocycles. The van der Waals surface area contributed by atoms with Gasteiger partial charge >= 0.3 is 0 Å². The first-order valence-electron chi connectivity index (χ1n) is 6.15. The van der Waals surface area contributed by atoms with E-state index in [1.807, 2.05) is 0 Å². The zero-order chi connectivity index (χ0) is 13.1. The van der Waals surface area contributed by atoms with Gasteiger partial charge in [0.05, 0.1) is 0 Å². The van der Waals surface area contributed by atoms with E-state index in [1.54, 1.807) is 12.1 Å². The molecule has 98 valence electrons. The molecule has 0 radical (unpaired) electrons. The van der Waals surface area contributed by atoms with Gasteiger partial charge in [-0.3, -0.25) is 4.79 Å². The minimum Gasteiger partial charge on any atom is -0.382 e. The fourth-order valence-electron chi connectivity index (χ4n) is 2.27. The summed E-state index contributed by atoms with van der Waals surface area (Å²) in [5.41, 5.74) is 5.75. The van der Waals surface area contributed by atoms with E-state index in [2.05, 4.69) is 34.4 Å². The van der Waals surface area contributed by atoms with Crippen LogP contribution in [0.2, 0.25) is 0 Å². The largest absolute Gasteiger partial charge is 0.382 e. The number of aromatic nitrogens is 2. The Morgan fingerprint density at radius 3 is 2.89 bits per heavy atom. The van der Waals surface area contributed by atoms with E-state index in [0.29, 0.717) is 17.4 Å². The predicted octanol–water partition coefficient (Wildman–Crippen LogP) is 0.129. The number of piperidine rings is 1. The van der Waals surface area contributed by atoms with E-state index in [1.165, 1.54) is 0 Å². The van der Waals surface area contributed by atoms with Crippen LogP contribution < -0.4 is 11.1 Å². The van der Waals surface area contributed by atoms with Gasteiger partial charge in [0.2, 0.25) is 0 Å². The highest BCUT2D eigenvalue weighted by Gasteiger charge is 2.26. The Hall–Kier alpha value is -1.69. The summed E-state index contributed by atoms with van der Waals surface area (Å²) in [6, 6.07) is 3.38. The minimum atomic E-state index is -0.177. The first-order valence-corrected chi connectivity index (χ1v) is 6.15. The molecule has 0 aromatic carbocycles. The third kappa shape index (κ3) is 2.95. The van der Waals surface area contributed by atoms with Crippen molar-refractivity contribution < 1.29 is 4.79 Å². The average Bonchev–Trinajstić information content (AvgIpc) is 2.33. The molecule has 0 spiro atoms. The Morgan fingerprint density at radius 2 is 2.28 bits per heavy atom. The Balaban J connectivity index is 1.97. The molecule has 1 aromatic heterocycles. The molecule has 6 heteroatoms. The molecule has 2 heterocycles. The Labute approximate surface area is 107 Å². The lowest BCUT2D eigenvalue weighted by atomic mass is 9.94. The number of hydrogen-bond acceptors (Lipinski definition) is 5. The molecule has 1 saturated heterocycles. The normalized spacial score (nSPS) is 24.8. The smallest absolute Gasteiger partial charge is 0.272 e. The zero-order valence-corrected chi connectivity index (χ0v) is 10.8. The molecule has 2 unspecified atom stereocenters. The van der Waals surface area contributed by atoms with Crippen molar-refractivity contribution in [3.05, 3.63) is 17.8 Å². The maximum atomic E-state index is 12.0. The Morgan fingerprint density at radius 1 is 1.50 bits per heavy atom. The van der Waals surface area contributed by atoms with Gasteiger partial charge in [-0.25, -0.2) is 0 Å². The van der Waals surface area contributed by atoms with Crippen LogP contribution in [0.25, 0.3) is 0 Å². The molecule has 0 bridgehead atoms. The van der Waals surface area contributed by atoms with Crippen LogP contribution in [0.5, 0.6) is 0 Å². The van der Waals surface area contributed by atoms with Crippen LogP contribution in [-0.2, 0) is 0 Å². The van der Waals surface area contributed by atoms with Gasteiger partial charge in [-0.05, 0) is 38.1 Å². The first kappa shape index (κ1) is 12.8. The molecule has 1 fully saturated rings. The van der Waals surface area contributed by atoms with Gasteiger partial charge in [0, 0.05) is 12.6 Å². The van der Waals surface area contributed by atoms with Crippen molar-refractivity contribution in [1.29, 1.82) is 0 Å². The van der Waals surface area contributed by atoms with E-state index in [0.717, 1.165) is 19.5 Å². The van der Waals surface area contributed by atoms with Crippen molar-refractivity contribution in [1.82, 2.24) is 20.4 Å². The van der Waals surface area contributed by atoms with Crippen LogP contribution in [0.4, 0.5) is 5.82 Å². The van der Waals surface area contributed by atoms with Crippen LogP contribution in [0, 0.1) is 5.92 Å². The molecule has 1 aliphatic rings. The van der Waals surface area contributed by atoms with E-state index in [4.69, 9.17) is 5.73 Å². The lowest BCUT2D eigenvalue weighted by molar-refractivity contribution is 0.0878. The number of carbonyl (C=O) groups is 1. The molecule has 3 N–H and O–H groups in total. The van der Waals surface area contributed by atoms with Crippen LogP contribution in [-0.4, -0.2) is 47.2 Å². The maximum Gasteiger partial charge on any atom is 0.272 e. The minimum absolute atomic E-state index is 0.177. The number of rotatable bonds is 2. The monoisotopic (exact) mass is 249 g/mol. The molecule has 18 heavy (non-hydrogen) atoms. The molecule has 1 aromatic rings. The van der Waals surface area contributed by atoms with Crippen LogP contribution >= 0.6 is 0 Å². The Kier molecular flexibility index (Phi) is 3.76. The van der Waals surface area contributed by atoms with Crippen LogP contribution in [0.3, 0.4) is 0 Å². The third-order valence-corrected chi connectivity index (χ3v) is 3.34. The first-order chi connectivity index (χ1) is 8.56. The van der Waals surface area contributed by atoms with Gasteiger partial charge in [0.1, 0.15) is 5.82 Å². The van der Waals surface area contributed by atoms with Gasteiger partial charge in [-0.15, -0.1) is 10.2 Å².